The van der Waals surface area contributed by atoms with Gasteiger partial charge in [0, 0.05) is 53.8 Å². The van der Waals surface area contributed by atoms with E-state index in [4.69, 9.17) is 9.97 Å². The first-order valence-electron chi connectivity index (χ1n) is 15.2. The first-order valence-corrected chi connectivity index (χ1v) is 15.2. The van der Waals surface area contributed by atoms with Crippen LogP contribution in [0.5, 0.6) is 0 Å². The van der Waals surface area contributed by atoms with Crippen LogP contribution in [0.1, 0.15) is 95.6 Å². The number of hydrogen-bond donors (Lipinski definition) is 1. The molecule has 0 spiro atoms. The van der Waals surface area contributed by atoms with Gasteiger partial charge in [-0.05, 0) is 69.0 Å². The second kappa shape index (κ2) is 14.7. The van der Waals surface area contributed by atoms with Gasteiger partial charge in [0.1, 0.15) is 11.6 Å². The molecular formula is C37H48IrN3O2-. The minimum atomic E-state index is -0.337. The molecule has 4 aromatic rings. The predicted molar refractivity (Wildman–Crippen MR) is 176 cm³/mol. The van der Waals surface area contributed by atoms with Crippen molar-refractivity contribution in [3.8, 4) is 11.3 Å². The van der Waals surface area contributed by atoms with Crippen molar-refractivity contribution in [3.63, 3.8) is 0 Å². The van der Waals surface area contributed by atoms with Gasteiger partial charge in [-0.1, -0.05) is 67.5 Å². The van der Waals surface area contributed by atoms with Crippen molar-refractivity contribution in [2.75, 3.05) is 0 Å². The van der Waals surface area contributed by atoms with E-state index in [0.29, 0.717) is 0 Å². The van der Waals surface area contributed by atoms with Gasteiger partial charge < -0.3 is 5.11 Å². The molecule has 0 aliphatic heterocycles. The van der Waals surface area contributed by atoms with Crippen molar-refractivity contribution in [2.24, 2.45) is 10.8 Å². The summed E-state index contributed by atoms with van der Waals surface area (Å²) in [5, 5.41) is 13.5. The Morgan fingerprint density at radius 1 is 0.860 bits per heavy atom. The van der Waals surface area contributed by atoms with E-state index in [1.807, 2.05) is 55.4 Å². The van der Waals surface area contributed by atoms with Gasteiger partial charge in [-0.2, -0.15) is 0 Å². The molecule has 0 aliphatic rings. The minimum Gasteiger partial charge on any atom is -0.512 e. The van der Waals surface area contributed by atoms with E-state index in [0.717, 1.165) is 76.0 Å². The van der Waals surface area contributed by atoms with Gasteiger partial charge in [-0.25, -0.2) is 4.98 Å². The van der Waals surface area contributed by atoms with Gasteiger partial charge in [0.15, 0.2) is 5.78 Å². The van der Waals surface area contributed by atoms with Crippen LogP contribution >= 0.6 is 0 Å². The molecule has 2 heterocycles. The molecule has 0 saturated heterocycles. The number of carbonyl (C=O) groups is 1. The average Bonchev–Trinajstić information content (AvgIpc) is 2.94. The second-order valence-electron chi connectivity index (χ2n) is 12.2. The number of ketones is 1. The molecular weight excluding hydrogens is 711 g/mol. The van der Waals surface area contributed by atoms with Gasteiger partial charge in [-0.3, -0.25) is 14.8 Å². The molecule has 0 bridgehead atoms. The number of pyridine rings is 1. The smallest absolute Gasteiger partial charge is 0.164 e. The molecule has 0 amide bonds. The molecule has 4 rings (SSSR count). The van der Waals surface area contributed by atoms with Gasteiger partial charge in [0.2, 0.25) is 0 Å². The number of hydrogen-bond acceptors (Lipinski definition) is 5. The predicted octanol–water partition coefficient (Wildman–Crippen LogP) is 9.83. The number of nitrogens with zero attached hydrogens (tertiary/aromatic N) is 3. The van der Waals surface area contributed by atoms with Crippen molar-refractivity contribution >= 4 is 27.5 Å². The zero-order valence-corrected chi connectivity index (χ0v) is 30.2. The van der Waals surface area contributed by atoms with Crippen molar-refractivity contribution in [1.82, 2.24) is 15.0 Å². The number of fused-ring (bicyclic) bond motifs is 3. The molecule has 233 valence electrons. The number of carbonyl (C=O) groups excluding carboxylic acids is 1. The van der Waals surface area contributed by atoms with Crippen molar-refractivity contribution in [3.05, 3.63) is 76.6 Å². The Morgan fingerprint density at radius 2 is 1.47 bits per heavy atom. The van der Waals surface area contributed by atoms with Crippen LogP contribution in [0.4, 0.5) is 0 Å². The van der Waals surface area contributed by atoms with Crippen molar-refractivity contribution < 1.29 is 30.0 Å². The number of aliphatic hydroxyl groups excluding tert-OH is 1. The Morgan fingerprint density at radius 3 is 2.02 bits per heavy atom. The van der Waals surface area contributed by atoms with Crippen LogP contribution in [-0.4, -0.2) is 25.8 Å². The standard InChI is InChI=1S/C22H20N3.C15H28O2.Ir/c1-12-8-13(2)10-18(9-12)21-19-7-6-17-11-14(3)23-15(4)20(17)22(19)25-16(5)24-21;1-7-14(5,8-2)12(16)11-13(17)15(6,9-3)10-4;/h6-9,11H,1-5H3;11,16H,7-10H2,1-6H3;/q-1;;/b;12-11-;. The Kier molecular flexibility index (Phi) is 12.4. The number of aryl methyl sites for hydroxylation is 5. The number of allylic oxidation sites excluding steroid dienone is 2. The van der Waals surface area contributed by atoms with E-state index in [9.17, 15) is 9.90 Å². The van der Waals surface area contributed by atoms with Crippen LogP contribution in [0, 0.1) is 51.5 Å². The van der Waals surface area contributed by atoms with E-state index in [2.05, 4.69) is 62.2 Å². The van der Waals surface area contributed by atoms with E-state index in [1.54, 1.807) is 0 Å². The molecule has 2 aromatic heterocycles. The van der Waals surface area contributed by atoms with Crippen molar-refractivity contribution in [2.45, 2.75) is 102 Å². The number of benzene rings is 2. The molecule has 0 saturated carbocycles. The summed E-state index contributed by atoms with van der Waals surface area (Å²) in [5.41, 5.74) is 6.69. The molecule has 6 heteroatoms. The Bertz CT molecular complexity index is 1610. The largest absolute Gasteiger partial charge is 0.512 e. The summed E-state index contributed by atoms with van der Waals surface area (Å²) < 4.78 is 0. The molecule has 43 heavy (non-hydrogen) atoms. The van der Waals surface area contributed by atoms with E-state index in [1.165, 1.54) is 17.0 Å². The minimum absolute atomic E-state index is 0. The summed E-state index contributed by atoms with van der Waals surface area (Å²) in [5.74, 6) is 1.05. The van der Waals surface area contributed by atoms with E-state index in [-0.39, 0.29) is 42.5 Å². The van der Waals surface area contributed by atoms with Gasteiger partial charge in [-0.15, -0.1) is 34.9 Å². The molecule has 2 aromatic carbocycles. The van der Waals surface area contributed by atoms with Crippen molar-refractivity contribution in [1.29, 1.82) is 0 Å². The zero-order chi connectivity index (χ0) is 31.4. The van der Waals surface area contributed by atoms with Crippen LogP contribution in [-0.2, 0) is 24.9 Å². The van der Waals surface area contributed by atoms with Crippen LogP contribution in [0.15, 0.2) is 42.2 Å². The first kappa shape index (κ1) is 36.2. The van der Waals surface area contributed by atoms with E-state index >= 15 is 0 Å². The van der Waals surface area contributed by atoms with Gasteiger partial charge >= 0.3 is 0 Å². The average molecular weight is 759 g/mol. The van der Waals surface area contributed by atoms with E-state index < -0.39 is 0 Å². The number of aromatic nitrogens is 3. The molecule has 0 fully saturated rings. The van der Waals surface area contributed by atoms with Crippen LogP contribution < -0.4 is 0 Å². The molecule has 0 unspecified atom stereocenters. The number of rotatable bonds is 8. The Labute approximate surface area is 272 Å². The third kappa shape index (κ3) is 7.96. The quantitative estimate of drug-likeness (QED) is 0.0839. The Balaban J connectivity index is 0.000000318. The van der Waals surface area contributed by atoms with Gasteiger partial charge in [0.25, 0.3) is 0 Å². The maximum atomic E-state index is 12.2. The SMILES string of the molecule is CCC(C)(CC)C(=O)/C=C(\O)C(C)(CC)CC.Cc1[c-]c(-c2nc(C)nc3c2ccc2cc(C)nc(C)c23)cc(C)c1.[Ir]. The topological polar surface area (TPSA) is 76.0 Å². The normalized spacial score (nSPS) is 12.1. The summed E-state index contributed by atoms with van der Waals surface area (Å²) in [4.78, 5) is 26.3. The van der Waals surface area contributed by atoms with Crippen LogP contribution in [0.3, 0.4) is 0 Å². The molecule has 0 atom stereocenters. The van der Waals surface area contributed by atoms with Crippen LogP contribution in [0.25, 0.3) is 32.9 Å². The fourth-order valence-electron chi connectivity index (χ4n) is 5.31. The summed E-state index contributed by atoms with van der Waals surface area (Å²) in [6.45, 7) is 22.3. The summed E-state index contributed by atoms with van der Waals surface area (Å²) in [6, 6.07) is 14.1. The Hall–Kier alpha value is -2.95. The summed E-state index contributed by atoms with van der Waals surface area (Å²) in [6.07, 6.45) is 4.75. The molecule has 1 radical (unpaired) electrons. The second-order valence-corrected chi connectivity index (χ2v) is 12.2. The van der Waals surface area contributed by atoms with Crippen LogP contribution in [0.2, 0.25) is 0 Å². The monoisotopic (exact) mass is 759 g/mol. The fourth-order valence-corrected chi connectivity index (χ4v) is 5.31. The third-order valence-electron chi connectivity index (χ3n) is 9.09. The summed E-state index contributed by atoms with van der Waals surface area (Å²) >= 11 is 0. The number of aliphatic hydroxyl groups is 1. The molecule has 5 nitrogen and oxygen atoms in total. The zero-order valence-electron chi connectivity index (χ0n) is 27.8. The maximum Gasteiger partial charge on any atom is 0.164 e. The maximum absolute atomic E-state index is 12.2. The molecule has 1 N–H and O–H groups in total. The fraction of sp³-hybridized carbons (Fsp3) is 0.459. The first-order chi connectivity index (χ1) is 19.7. The summed E-state index contributed by atoms with van der Waals surface area (Å²) in [7, 11) is 0. The third-order valence-corrected chi connectivity index (χ3v) is 9.09. The molecule has 0 aliphatic carbocycles. The van der Waals surface area contributed by atoms with Gasteiger partial charge in [0.05, 0.1) is 5.52 Å².